The Morgan fingerprint density at radius 1 is 0.654 bits per heavy atom. The van der Waals surface area contributed by atoms with Gasteiger partial charge in [0.1, 0.15) is 29.7 Å². The third-order valence-corrected chi connectivity index (χ3v) is 4.24. The van der Waals surface area contributed by atoms with Gasteiger partial charge in [-0.15, -0.1) is 0 Å². The molecule has 0 radical (unpaired) electrons. The topological polar surface area (TPSA) is 95.2 Å². The van der Waals surface area contributed by atoms with Gasteiger partial charge in [0.15, 0.2) is 0 Å². The predicted octanol–water partition coefficient (Wildman–Crippen LogP) is 4.04. The highest BCUT2D eigenvalue weighted by atomic mass is 19.4. The summed E-state index contributed by atoms with van der Waals surface area (Å²) in [5.41, 5.74) is -3.42. The first-order valence-electron chi connectivity index (χ1n) is 7.19. The molecular weight excluding hydrogens is 341 g/mol. The lowest BCUT2D eigenvalue weighted by Crippen LogP contribution is -2.40. The quantitative estimate of drug-likeness (QED) is 0.816. The van der Waals surface area contributed by atoms with Crippen molar-refractivity contribution in [3.63, 3.8) is 0 Å². The van der Waals surface area contributed by atoms with Crippen LogP contribution in [-0.4, -0.2) is 6.18 Å². The molecular formula is C19H9F3N4. The standard InChI is InChI=1S/C19H9F3N4/c1-18(19(20,21)22,16-4-2-12(8-23)14(6-16)10-25)17-5-3-13(9-24)15(7-17)11-26/h2-7H,1H3. The SMILES string of the molecule is CC(c1ccc(C#N)c(C#N)c1)(c1ccc(C#N)c(C#N)c1)C(F)(F)F. The van der Waals surface area contributed by atoms with Crippen molar-refractivity contribution in [2.24, 2.45) is 0 Å². The van der Waals surface area contributed by atoms with E-state index in [-0.39, 0.29) is 33.4 Å². The summed E-state index contributed by atoms with van der Waals surface area (Å²) in [6.45, 7) is 0.929. The zero-order valence-corrected chi connectivity index (χ0v) is 13.4. The van der Waals surface area contributed by atoms with E-state index in [1.807, 2.05) is 0 Å². The third-order valence-electron chi connectivity index (χ3n) is 4.24. The second-order valence-electron chi connectivity index (χ2n) is 5.59. The Morgan fingerprint density at radius 3 is 1.27 bits per heavy atom. The van der Waals surface area contributed by atoms with Gasteiger partial charge in [0.2, 0.25) is 0 Å². The molecule has 0 atom stereocenters. The predicted molar refractivity (Wildman–Crippen MR) is 84.3 cm³/mol. The van der Waals surface area contributed by atoms with Crippen LogP contribution in [0.4, 0.5) is 13.2 Å². The van der Waals surface area contributed by atoms with Crippen LogP contribution >= 0.6 is 0 Å². The van der Waals surface area contributed by atoms with E-state index in [4.69, 9.17) is 21.0 Å². The van der Waals surface area contributed by atoms with E-state index in [0.717, 1.165) is 43.3 Å². The van der Waals surface area contributed by atoms with Crippen molar-refractivity contribution in [1.82, 2.24) is 0 Å². The van der Waals surface area contributed by atoms with Gasteiger partial charge < -0.3 is 0 Å². The van der Waals surface area contributed by atoms with Crippen molar-refractivity contribution >= 4 is 0 Å². The Bertz CT molecular complexity index is 965. The van der Waals surface area contributed by atoms with Crippen LogP contribution in [0.25, 0.3) is 0 Å². The van der Waals surface area contributed by atoms with Crippen LogP contribution in [0, 0.1) is 45.3 Å². The molecule has 0 heterocycles. The van der Waals surface area contributed by atoms with E-state index < -0.39 is 11.6 Å². The molecule has 0 aliphatic rings. The lowest BCUT2D eigenvalue weighted by molar-refractivity contribution is -0.173. The smallest absolute Gasteiger partial charge is 0.192 e. The molecule has 0 aliphatic heterocycles. The molecule has 0 bridgehead atoms. The summed E-state index contributed by atoms with van der Waals surface area (Å²) in [6, 6.07) is 13.6. The van der Waals surface area contributed by atoms with Gasteiger partial charge in [0.05, 0.1) is 22.3 Å². The van der Waals surface area contributed by atoms with Crippen molar-refractivity contribution in [3.8, 4) is 24.3 Å². The average molecular weight is 350 g/mol. The highest BCUT2D eigenvalue weighted by Crippen LogP contribution is 2.46. The maximum atomic E-state index is 14.0. The average Bonchev–Trinajstić information content (AvgIpc) is 2.65. The van der Waals surface area contributed by atoms with Crippen molar-refractivity contribution in [3.05, 3.63) is 69.8 Å². The van der Waals surface area contributed by atoms with Crippen molar-refractivity contribution in [2.75, 3.05) is 0 Å². The van der Waals surface area contributed by atoms with Crippen LogP contribution in [0.1, 0.15) is 40.3 Å². The zero-order chi connectivity index (χ0) is 19.5. The van der Waals surface area contributed by atoms with E-state index in [2.05, 4.69) is 0 Å². The fourth-order valence-corrected chi connectivity index (χ4v) is 2.58. The number of hydrogen-bond donors (Lipinski definition) is 0. The number of nitrogens with zero attached hydrogens (tertiary/aromatic N) is 4. The van der Waals surface area contributed by atoms with Gasteiger partial charge in [0, 0.05) is 0 Å². The molecule has 126 valence electrons. The molecule has 0 amide bonds. The van der Waals surface area contributed by atoms with E-state index in [1.54, 1.807) is 24.3 Å². The summed E-state index contributed by atoms with van der Waals surface area (Å²) < 4.78 is 42.0. The lowest BCUT2D eigenvalue weighted by atomic mass is 9.74. The Balaban J connectivity index is 2.82. The molecule has 2 rings (SSSR count). The molecule has 0 fully saturated rings. The normalized spacial score (nSPS) is 10.9. The van der Waals surface area contributed by atoms with Crippen molar-refractivity contribution in [2.45, 2.75) is 18.5 Å². The summed E-state index contributed by atoms with van der Waals surface area (Å²) in [4.78, 5) is 0. The third kappa shape index (κ3) is 2.84. The minimum absolute atomic E-state index is 0.0293. The van der Waals surface area contributed by atoms with E-state index in [1.165, 1.54) is 0 Å². The first-order chi connectivity index (χ1) is 12.2. The van der Waals surface area contributed by atoms with Gasteiger partial charge in [-0.25, -0.2) is 0 Å². The van der Waals surface area contributed by atoms with Gasteiger partial charge in [-0.3, -0.25) is 0 Å². The molecule has 0 saturated heterocycles. The summed E-state index contributed by atoms with van der Waals surface area (Å²) in [5, 5.41) is 36.1. The minimum atomic E-state index is -4.76. The Kier molecular flexibility index (Phi) is 4.70. The molecule has 2 aromatic rings. The fraction of sp³-hybridized carbons (Fsp3) is 0.158. The maximum absolute atomic E-state index is 14.0. The fourth-order valence-electron chi connectivity index (χ4n) is 2.58. The van der Waals surface area contributed by atoms with E-state index in [0.29, 0.717) is 0 Å². The molecule has 0 unspecified atom stereocenters. The molecule has 0 aromatic heterocycles. The van der Waals surface area contributed by atoms with Crippen LogP contribution in [0.2, 0.25) is 0 Å². The largest absolute Gasteiger partial charge is 0.402 e. The van der Waals surface area contributed by atoms with Crippen molar-refractivity contribution < 1.29 is 13.2 Å². The number of rotatable bonds is 2. The molecule has 0 N–H and O–H groups in total. The highest BCUT2D eigenvalue weighted by Gasteiger charge is 2.53. The van der Waals surface area contributed by atoms with Crippen LogP contribution in [0.5, 0.6) is 0 Å². The molecule has 2 aromatic carbocycles. The number of halogens is 3. The number of alkyl halides is 3. The first kappa shape index (κ1) is 18.5. The lowest BCUT2D eigenvalue weighted by Gasteiger charge is -2.33. The van der Waals surface area contributed by atoms with Crippen LogP contribution in [0.15, 0.2) is 36.4 Å². The second-order valence-corrected chi connectivity index (χ2v) is 5.59. The van der Waals surface area contributed by atoms with Crippen LogP contribution < -0.4 is 0 Å². The molecule has 26 heavy (non-hydrogen) atoms. The monoisotopic (exact) mass is 350 g/mol. The first-order valence-corrected chi connectivity index (χ1v) is 7.19. The summed E-state index contributed by atoms with van der Waals surface area (Å²) in [7, 11) is 0. The Hall–Kier alpha value is -3.81. The van der Waals surface area contributed by atoms with Crippen LogP contribution in [0.3, 0.4) is 0 Å². The summed E-state index contributed by atoms with van der Waals surface area (Å²) >= 11 is 0. The molecule has 7 heteroatoms. The second kappa shape index (κ2) is 6.60. The summed E-state index contributed by atoms with van der Waals surface area (Å²) in [6.07, 6.45) is -4.76. The van der Waals surface area contributed by atoms with Gasteiger partial charge in [-0.2, -0.15) is 34.2 Å². The van der Waals surface area contributed by atoms with Gasteiger partial charge >= 0.3 is 6.18 Å². The number of benzene rings is 2. The number of nitriles is 4. The molecule has 4 nitrogen and oxygen atoms in total. The summed E-state index contributed by atoms with van der Waals surface area (Å²) in [5.74, 6) is 0. The Labute approximate surface area is 147 Å². The highest BCUT2D eigenvalue weighted by molar-refractivity contribution is 5.54. The van der Waals surface area contributed by atoms with Gasteiger partial charge in [-0.05, 0) is 42.3 Å². The van der Waals surface area contributed by atoms with E-state index >= 15 is 0 Å². The van der Waals surface area contributed by atoms with Crippen molar-refractivity contribution in [1.29, 1.82) is 21.0 Å². The zero-order valence-electron chi connectivity index (χ0n) is 13.4. The number of hydrogen-bond acceptors (Lipinski definition) is 4. The Morgan fingerprint density at radius 2 is 1.00 bits per heavy atom. The molecule has 0 aliphatic carbocycles. The maximum Gasteiger partial charge on any atom is 0.402 e. The van der Waals surface area contributed by atoms with Crippen LogP contribution in [-0.2, 0) is 5.41 Å². The van der Waals surface area contributed by atoms with Gasteiger partial charge in [0.25, 0.3) is 0 Å². The minimum Gasteiger partial charge on any atom is -0.192 e. The molecule has 0 saturated carbocycles. The van der Waals surface area contributed by atoms with E-state index in [9.17, 15) is 13.2 Å². The molecule has 0 spiro atoms. The van der Waals surface area contributed by atoms with Gasteiger partial charge in [-0.1, -0.05) is 12.1 Å².